The van der Waals surface area contributed by atoms with Gasteiger partial charge < -0.3 is 10.4 Å². The van der Waals surface area contributed by atoms with Crippen LogP contribution in [0.5, 0.6) is 0 Å². The van der Waals surface area contributed by atoms with E-state index in [2.05, 4.69) is 5.32 Å². The predicted molar refractivity (Wildman–Crippen MR) is 75.1 cm³/mol. The smallest absolute Gasteiger partial charge is 0.338 e. The van der Waals surface area contributed by atoms with Crippen LogP contribution < -0.4 is 5.32 Å². The molecule has 0 spiro atoms. The second-order valence-corrected chi connectivity index (χ2v) is 6.03. The van der Waals surface area contributed by atoms with Gasteiger partial charge in [-0.2, -0.15) is 11.8 Å². The monoisotopic (exact) mass is 283 g/mol. The number of carboxylic acids is 1. The van der Waals surface area contributed by atoms with Gasteiger partial charge in [-0.05, 0) is 54.5 Å². The molecule has 0 amide bonds. The Labute approximate surface area is 116 Å². The summed E-state index contributed by atoms with van der Waals surface area (Å²) >= 11 is 2.00. The van der Waals surface area contributed by atoms with Crippen molar-refractivity contribution in [3.8, 4) is 0 Å². The molecule has 1 aromatic rings. The number of benzene rings is 1. The van der Waals surface area contributed by atoms with E-state index in [0.717, 1.165) is 12.1 Å². The van der Waals surface area contributed by atoms with Crippen LogP contribution in [0.1, 0.15) is 28.8 Å². The first-order valence-corrected chi connectivity index (χ1v) is 7.62. The molecular formula is C14H18FNO2S. The number of carbonyl (C=O) groups is 1. The van der Waals surface area contributed by atoms with Crippen molar-refractivity contribution in [2.24, 2.45) is 5.92 Å². The minimum absolute atomic E-state index is 0.270. The van der Waals surface area contributed by atoms with Gasteiger partial charge in [0, 0.05) is 6.54 Å². The fraction of sp³-hybridized carbons (Fsp3) is 0.500. The Balaban J connectivity index is 1.82. The normalized spacial score (nSPS) is 16.5. The first-order chi connectivity index (χ1) is 9.16. The number of thioether (sulfide) groups is 1. The third-order valence-corrected chi connectivity index (χ3v) is 4.42. The quantitative estimate of drug-likeness (QED) is 0.872. The minimum Gasteiger partial charge on any atom is -0.478 e. The van der Waals surface area contributed by atoms with Crippen LogP contribution in [0.4, 0.5) is 4.39 Å². The maximum Gasteiger partial charge on any atom is 0.338 e. The summed E-state index contributed by atoms with van der Waals surface area (Å²) in [5.41, 5.74) is 0.515. The molecule has 0 aromatic heterocycles. The second kappa shape index (κ2) is 6.91. The molecule has 2 N–H and O–H groups in total. The van der Waals surface area contributed by atoms with Crippen LogP contribution in [0.3, 0.4) is 0 Å². The number of carboxylic acid groups (broad SMARTS) is 1. The van der Waals surface area contributed by atoms with Crippen molar-refractivity contribution in [2.75, 3.05) is 18.1 Å². The van der Waals surface area contributed by atoms with Crippen molar-refractivity contribution in [3.63, 3.8) is 0 Å². The number of hydrogen-bond donors (Lipinski definition) is 2. The molecule has 2 rings (SSSR count). The number of nitrogens with one attached hydrogen (secondary N) is 1. The summed E-state index contributed by atoms with van der Waals surface area (Å²) in [7, 11) is 0. The van der Waals surface area contributed by atoms with E-state index in [1.807, 2.05) is 11.8 Å². The van der Waals surface area contributed by atoms with Crippen molar-refractivity contribution >= 4 is 17.7 Å². The number of halogens is 1. The molecule has 0 aliphatic carbocycles. The van der Waals surface area contributed by atoms with E-state index in [1.165, 1.54) is 36.5 Å². The highest BCUT2D eigenvalue weighted by Gasteiger charge is 2.13. The van der Waals surface area contributed by atoms with Gasteiger partial charge in [-0.1, -0.05) is 6.07 Å². The molecule has 1 aromatic carbocycles. The molecule has 1 heterocycles. The van der Waals surface area contributed by atoms with Gasteiger partial charge in [0.1, 0.15) is 5.82 Å². The number of aromatic carboxylic acids is 1. The lowest BCUT2D eigenvalue weighted by atomic mass is 10.0. The summed E-state index contributed by atoms with van der Waals surface area (Å²) in [5.74, 6) is 1.28. The molecule has 0 unspecified atom stereocenters. The number of rotatable bonds is 5. The van der Waals surface area contributed by atoms with Crippen LogP contribution in [0, 0.1) is 11.7 Å². The lowest BCUT2D eigenvalue weighted by Crippen LogP contribution is -2.25. The molecule has 0 saturated carbocycles. The molecular weight excluding hydrogens is 265 g/mol. The molecule has 0 bridgehead atoms. The van der Waals surface area contributed by atoms with Crippen LogP contribution in [0.25, 0.3) is 0 Å². The highest BCUT2D eigenvalue weighted by molar-refractivity contribution is 7.99. The van der Waals surface area contributed by atoms with E-state index >= 15 is 0 Å². The van der Waals surface area contributed by atoms with Crippen LogP contribution in [0.15, 0.2) is 18.2 Å². The zero-order valence-corrected chi connectivity index (χ0v) is 11.5. The topological polar surface area (TPSA) is 49.3 Å². The average molecular weight is 283 g/mol. The number of hydrogen-bond acceptors (Lipinski definition) is 3. The van der Waals surface area contributed by atoms with Gasteiger partial charge in [0.15, 0.2) is 0 Å². The van der Waals surface area contributed by atoms with Gasteiger partial charge in [0.25, 0.3) is 0 Å². The summed E-state index contributed by atoms with van der Waals surface area (Å²) in [6.45, 7) is 1.53. The van der Waals surface area contributed by atoms with Crippen LogP contribution in [0.2, 0.25) is 0 Å². The van der Waals surface area contributed by atoms with Gasteiger partial charge >= 0.3 is 5.97 Å². The predicted octanol–water partition coefficient (Wildman–Crippen LogP) is 2.76. The molecule has 1 saturated heterocycles. The van der Waals surface area contributed by atoms with Gasteiger partial charge in [-0.3, -0.25) is 0 Å². The summed E-state index contributed by atoms with van der Waals surface area (Å²) in [6.07, 6.45) is 2.48. The fourth-order valence-electron chi connectivity index (χ4n) is 2.21. The molecule has 0 atom stereocenters. The molecule has 104 valence electrons. The Kier molecular flexibility index (Phi) is 5.22. The Morgan fingerprint density at radius 1 is 1.42 bits per heavy atom. The molecule has 1 fully saturated rings. The molecule has 5 heteroatoms. The average Bonchev–Trinajstić information content (AvgIpc) is 2.39. The lowest BCUT2D eigenvalue weighted by molar-refractivity contribution is 0.0692. The fourth-order valence-corrected chi connectivity index (χ4v) is 3.42. The van der Waals surface area contributed by atoms with Crippen LogP contribution in [-0.2, 0) is 6.54 Å². The van der Waals surface area contributed by atoms with Gasteiger partial charge in [0.2, 0.25) is 0 Å². The van der Waals surface area contributed by atoms with E-state index < -0.39 is 11.8 Å². The minimum atomic E-state index is -1.23. The highest BCUT2D eigenvalue weighted by Crippen LogP contribution is 2.22. The van der Waals surface area contributed by atoms with E-state index in [-0.39, 0.29) is 5.56 Å². The van der Waals surface area contributed by atoms with E-state index in [1.54, 1.807) is 6.07 Å². The van der Waals surface area contributed by atoms with Crippen molar-refractivity contribution in [3.05, 3.63) is 35.1 Å². The third kappa shape index (κ3) is 4.21. The van der Waals surface area contributed by atoms with Crippen LogP contribution in [-0.4, -0.2) is 29.1 Å². The molecule has 1 aliphatic heterocycles. The Morgan fingerprint density at radius 3 is 2.79 bits per heavy atom. The third-order valence-electron chi connectivity index (χ3n) is 3.37. The zero-order valence-electron chi connectivity index (χ0n) is 10.7. The first-order valence-electron chi connectivity index (χ1n) is 6.47. The van der Waals surface area contributed by atoms with Crippen molar-refractivity contribution in [1.29, 1.82) is 0 Å². The molecule has 1 aliphatic rings. The van der Waals surface area contributed by atoms with E-state index in [0.29, 0.717) is 12.5 Å². The lowest BCUT2D eigenvalue weighted by Gasteiger charge is -2.21. The van der Waals surface area contributed by atoms with E-state index in [4.69, 9.17) is 5.11 Å². The molecule has 3 nitrogen and oxygen atoms in total. The highest BCUT2D eigenvalue weighted by atomic mass is 32.2. The maximum absolute atomic E-state index is 13.5. The largest absolute Gasteiger partial charge is 0.478 e. The zero-order chi connectivity index (χ0) is 13.7. The standard InChI is InChI=1S/C14H18FNO2S/c15-13-7-11(1-2-12(13)14(17)18)9-16-8-10-3-5-19-6-4-10/h1-2,7,10,16H,3-6,8-9H2,(H,17,18). The SMILES string of the molecule is O=C(O)c1ccc(CNCC2CCSCC2)cc1F. The van der Waals surface area contributed by atoms with Gasteiger partial charge in [0.05, 0.1) is 5.56 Å². The molecule has 0 radical (unpaired) electrons. The van der Waals surface area contributed by atoms with Crippen LogP contribution >= 0.6 is 11.8 Å². The Bertz CT molecular complexity index is 447. The van der Waals surface area contributed by atoms with Crippen molar-refractivity contribution in [2.45, 2.75) is 19.4 Å². The van der Waals surface area contributed by atoms with Gasteiger partial charge in [-0.15, -0.1) is 0 Å². The Morgan fingerprint density at radius 2 is 2.16 bits per heavy atom. The van der Waals surface area contributed by atoms with Gasteiger partial charge in [-0.25, -0.2) is 9.18 Å². The van der Waals surface area contributed by atoms with Crippen molar-refractivity contribution < 1.29 is 14.3 Å². The second-order valence-electron chi connectivity index (χ2n) is 4.81. The van der Waals surface area contributed by atoms with Crippen molar-refractivity contribution in [1.82, 2.24) is 5.32 Å². The summed E-state index contributed by atoms with van der Waals surface area (Å²) in [4.78, 5) is 10.7. The molecule has 19 heavy (non-hydrogen) atoms. The summed E-state index contributed by atoms with van der Waals surface area (Å²) in [6, 6.07) is 4.29. The first kappa shape index (κ1) is 14.3. The maximum atomic E-state index is 13.5. The van der Waals surface area contributed by atoms with E-state index in [9.17, 15) is 9.18 Å². The summed E-state index contributed by atoms with van der Waals surface area (Å²) < 4.78 is 13.5. The Hall–Kier alpha value is -1.07. The summed E-state index contributed by atoms with van der Waals surface area (Å²) in [5, 5.41) is 12.1.